The fourth-order valence-corrected chi connectivity index (χ4v) is 1.95. The quantitative estimate of drug-likeness (QED) is 0.576. The molecule has 2 heterocycles. The van der Waals surface area contributed by atoms with Crippen LogP contribution in [0.1, 0.15) is 19.3 Å². The average Bonchev–Trinajstić information content (AvgIpc) is 2.38. The SMILES string of the molecule is CN1CC=C(CCCOc2ccccn2)CC1. The maximum atomic E-state index is 5.57. The molecule has 3 heteroatoms. The summed E-state index contributed by atoms with van der Waals surface area (Å²) >= 11 is 0. The second kappa shape index (κ2) is 6.40. The second-order valence-electron chi connectivity index (χ2n) is 4.49. The summed E-state index contributed by atoms with van der Waals surface area (Å²) in [7, 11) is 2.16. The first-order valence-electron chi connectivity index (χ1n) is 6.25. The summed E-state index contributed by atoms with van der Waals surface area (Å²) in [5.74, 6) is 0.727. The zero-order chi connectivity index (χ0) is 11.9. The van der Waals surface area contributed by atoms with Gasteiger partial charge in [-0.05, 0) is 32.4 Å². The molecule has 17 heavy (non-hydrogen) atoms. The molecular weight excluding hydrogens is 212 g/mol. The van der Waals surface area contributed by atoms with Crippen LogP contribution in [0.15, 0.2) is 36.0 Å². The van der Waals surface area contributed by atoms with Crippen LogP contribution >= 0.6 is 0 Å². The van der Waals surface area contributed by atoms with E-state index < -0.39 is 0 Å². The van der Waals surface area contributed by atoms with Gasteiger partial charge in [0.15, 0.2) is 0 Å². The number of likely N-dealkylation sites (N-methyl/N-ethyl adjacent to an activating group) is 1. The monoisotopic (exact) mass is 232 g/mol. The lowest BCUT2D eigenvalue weighted by Gasteiger charge is -2.21. The first-order valence-corrected chi connectivity index (χ1v) is 6.25. The molecule has 0 aromatic carbocycles. The minimum absolute atomic E-state index is 0.727. The molecule has 1 aromatic rings. The van der Waals surface area contributed by atoms with E-state index in [1.54, 1.807) is 11.8 Å². The lowest BCUT2D eigenvalue weighted by Crippen LogP contribution is -2.24. The molecule has 0 fully saturated rings. The maximum Gasteiger partial charge on any atom is 0.213 e. The van der Waals surface area contributed by atoms with E-state index in [1.807, 2.05) is 18.2 Å². The molecule has 2 rings (SSSR count). The highest BCUT2D eigenvalue weighted by atomic mass is 16.5. The summed E-state index contributed by atoms with van der Waals surface area (Å²) in [5.41, 5.74) is 1.58. The number of hydrogen-bond acceptors (Lipinski definition) is 3. The summed E-state index contributed by atoms with van der Waals surface area (Å²) in [4.78, 5) is 6.47. The predicted molar refractivity (Wildman–Crippen MR) is 69.2 cm³/mol. The Bertz CT molecular complexity index is 362. The molecular formula is C14H20N2O. The van der Waals surface area contributed by atoms with Crippen LogP contribution in [0, 0.1) is 0 Å². The average molecular weight is 232 g/mol. The number of ether oxygens (including phenoxy) is 1. The van der Waals surface area contributed by atoms with E-state index in [1.165, 1.54) is 13.0 Å². The zero-order valence-electron chi connectivity index (χ0n) is 10.4. The smallest absolute Gasteiger partial charge is 0.213 e. The Morgan fingerprint density at radius 2 is 2.35 bits per heavy atom. The van der Waals surface area contributed by atoms with Gasteiger partial charge in [-0.1, -0.05) is 17.7 Å². The Morgan fingerprint density at radius 1 is 1.41 bits per heavy atom. The third kappa shape index (κ3) is 4.19. The fraction of sp³-hybridized carbons (Fsp3) is 0.500. The number of pyridine rings is 1. The van der Waals surface area contributed by atoms with Gasteiger partial charge < -0.3 is 9.64 Å². The van der Waals surface area contributed by atoms with Gasteiger partial charge in [-0.25, -0.2) is 4.98 Å². The van der Waals surface area contributed by atoms with Crippen molar-refractivity contribution in [3.05, 3.63) is 36.0 Å². The van der Waals surface area contributed by atoms with Crippen LogP contribution in [0.2, 0.25) is 0 Å². The van der Waals surface area contributed by atoms with E-state index in [4.69, 9.17) is 4.74 Å². The van der Waals surface area contributed by atoms with Gasteiger partial charge >= 0.3 is 0 Å². The Hall–Kier alpha value is -1.35. The summed E-state index contributed by atoms with van der Waals surface area (Å²) in [6, 6.07) is 5.74. The van der Waals surface area contributed by atoms with E-state index in [-0.39, 0.29) is 0 Å². The standard InChI is InChI=1S/C14H20N2O/c1-16-10-7-13(8-11-16)5-4-12-17-14-6-2-3-9-15-14/h2-3,6-7,9H,4-5,8,10-12H2,1H3. The normalized spacial score (nSPS) is 16.6. The molecule has 1 aliphatic rings. The molecule has 0 saturated carbocycles. The van der Waals surface area contributed by atoms with E-state index in [0.717, 1.165) is 31.9 Å². The van der Waals surface area contributed by atoms with Crippen molar-refractivity contribution < 1.29 is 4.74 Å². The number of nitrogens with zero attached hydrogens (tertiary/aromatic N) is 2. The lowest BCUT2D eigenvalue weighted by molar-refractivity contribution is 0.296. The second-order valence-corrected chi connectivity index (χ2v) is 4.49. The van der Waals surface area contributed by atoms with Crippen molar-refractivity contribution in [1.82, 2.24) is 9.88 Å². The van der Waals surface area contributed by atoms with Gasteiger partial charge in [-0.2, -0.15) is 0 Å². The van der Waals surface area contributed by atoms with Gasteiger partial charge in [0.25, 0.3) is 0 Å². The first kappa shape index (κ1) is 12.1. The molecule has 1 aliphatic heterocycles. The molecule has 1 aromatic heterocycles. The van der Waals surface area contributed by atoms with Crippen LogP contribution in [0.25, 0.3) is 0 Å². The highest BCUT2D eigenvalue weighted by Crippen LogP contribution is 2.15. The summed E-state index contributed by atoms with van der Waals surface area (Å²) in [6.45, 7) is 3.04. The lowest BCUT2D eigenvalue weighted by atomic mass is 10.0. The molecule has 0 N–H and O–H groups in total. The molecule has 0 spiro atoms. The Labute approximate surface area is 103 Å². The van der Waals surface area contributed by atoms with Crippen molar-refractivity contribution in [2.24, 2.45) is 0 Å². The predicted octanol–water partition coefficient (Wildman–Crippen LogP) is 2.50. The zero-order valence-corrected chi connectivity index (χ0v) is 10.4. The molecule has 0 atom stereocenters. The van der Waals surface area contributed by atoms with Crippen LogP contribution in [-0.4, -0.2) is 36.6 Å². The Morgan fingerprint density at radius 3 is 3.06 bits per heavy atom. The molecule has 92 valence electrons. The van der Waals surface area contributed by atoms with Crippen molar-refractivity contribution in [2.75, 3.05) is 26.7 Å². The number of aromatic nitrogens is 1. The highest BCUT2D eigenvalue weighted by Gasteiger charge is 2.07. The topological polar surface area (TPSA) is 25.4 Å². The number of hydrogen-bond donors (Lipinski definition) is 0. The third-order valence-corrected chi connectivity index (χ3v) is 3.04. The highest BCUT2D eigenvalue weighted by molar-refractivity contribution is 5.09. The van der Waals surface area contributed by atoms with Gasteiger partial charge in [-0.15, -0.1) is 0 Å². The van der Waals surface area contributed by atoms with Crippen molar-refractivity contribution in [3.63, 3.8) is 0 Å². The van der Waals surface area contributed by atoms with E-state index in [2.05, 4.69) is 23.0 Å². The summed E-state index contributed by atoms with van der Waals surface area (Å²) < 4.78 is 5.57. The largest absolute Gasteiger partial charge is 0.478 e. The van der Waals surface area contributed by atoms with Crippen LogP contribution in [0.4, 0.5) is 0 Å². The van der Waals surface area contributed by atoms with Gasteiger partial charge in [0.1, 0.15) is 0 Å². The molecule has 0 radical (unpaired) electrons. The van der Waals surface area contributed by atoms with Gasteiger partial charge in [-0.3, -0.25) is 0 Å². The van der Waals surface area contributed by atoms with Crippen LogP contribution in [-0.2, 0) is 0 Å². The molecule has 0 aliphatic carbocycles. The molecule has 0 amide bonds. The van der Waals surface area contributed by atoms with Crippen LogP contribution in [0.3, 0.4) is 0 Å². The summed E-state index contributed by atoms with van der Waals surface area (Å²) in [5, 5.41) is 0. The molecule has 0 saturated heterocycles. The maximum absolute atomic E-state index is 5.57. The van der Waals surface area contributed by atoms with Crippen molar-refractivity contribution in [3.8, 4) is 5.88 Å². The van der Waals surface area contributed by atoms with Crippen LogP contribution in [0.5, 0.6) is 5.88 Å². The van der Waals surface area contributed by atoms with Crippen molar-refractivity contribution in [1.29, 1.82) is 0 Å². The molecule has 3 nitrogen and oxygen atoms in total. The summed E-state index contributed by atoms with van der Waals surface area (Å²) in [6.07, 6.45) is 7.55. The Kier molecular flexibility index (Phi) is 4.56. The van der Waals surface area contributed by atoms with Gasteiger partial charge in [0, 0.05) is 25.4 Å². The van der Waals surface area contributed by atoms with E-state index >= 15 is 0 Å². The Balaban J connectivity index is 1.64. The fourth-order valence-electron chi connectivity index (χ4n) is 1.95. The van der Waals surface area contributed by atoms with E-state index in [0.29, 0.717) is 0 Å². The van der Waals surface area contributed by atoms with Gasteiger partial charge in [0.05, 0.1) is 6.61 Å². The molecule has 0 bridgehead atoms. The number of rotatable bonds is 5. The minimum Gasteiger partial charge on any atom is -0.478 e. The minimum atomic E-state index is 0.727. The molecule has 0 unspecified atom stereocenters. The van der Waals surface area contributed by atoms with Crippen molar-refractivity contribution >= 4 is 0 Å². The third-order valence-electron chi connectivity index (χ3n) is 3.04. The van der Waals surface area contributed by atoms with Crippen molar-refractivity contribution in [2.45, 2.75) is 19.3 Å². The van der Waals surface area contributed by atoms with E-state index in [9.17, 15) is 0 Å². The van der Waals surface area contributed by atoms with Crippen LogP contribution < -0.4 is 4.74 Å². The van der Waals surface area contributed by atoms with Gasteiger partial charge in [0.2, 0.25) is 5.88 Å². The first-order chi connectivity index (χ1) is 8.34.